The zero-order chi connectivity index (χ0) is 13.9. The second kappa shape index (κ2) is 5.00. The molecule has 1 aliphatic heterocycles. The average molecular weight is 269 g/mol. The largest absolute Gasteiger partial charge is 0.482 e. The van der Waals surface area contributed by atoms with Crippen LogP contribution in [-0.4, -0.2) is 22.5 Å². The molecular formula is C14H11N3O3. The minimum Gasteiger partial charge on any atom is -0.482 e. The molecular weight excluding hydrogens is 258 g/mol. The van der Waals surface area contributed by atoms with Gasteiger partial charge in [-0.2, -0.15) is 0 Å². The molecule has 0 saturated carbocycles. The number of hydrogen-bond donors (Lipinski definition) is 2. The van der Waals surface area contributed by atoms with Crippen molar-refractivity contribution in [2.45, 2.75) is 0 Å². The van der Waals surface area contributed by atoms with Gasteiger partial charge in [0.25, 0.3) is 11.5 Å². The number of benzene rings is 1. The monoisotopic (exact) mass is 269 g/mol. The number of carbonyl (C=O) groups excluding carboxylic acids is 1. The van der Waals surface area contributed by atoms with E-state index < -0.39 is 0 Å². The molecule has 1 aromatic carbocycles. The van der Waals surface area contributed by atoms with Gasteiger partial charge in [-0.25, -0.2) is 4.98 Å². The van der Waals surface area contributed by atoms with Gasteiger partial charge in [0, 0.05) is 12.3 Å². The summed E-state index contributed by atoms with van der Waals surface area (Å²) in [7, 11) is 0. The SMILES string of the molecule is O=C1COc2ccc(C=Cc3nccc(=O)[nH]3)cc2N1. The van der Waals surface area contributed by atoms with E-state index in [9.17, 15) is 9.59 Å². The maximum Gasteiger partial charge on any atom is 0.262 e. The van der Waals surface area contributed by atoms with E-state index in [0.29, 0.717) is 17.3 Å². The lowest BCUT2D eigenvalue weighted by molar-refractivity contribution is -0.118. The van der Waals surface area contributed by atoms with Crippen molar-refractivity contribution in [2.75, 3.05) is 11.9 Å². The molecule has 0 atom stereocenters. The Bertz CT molecular complexity index is 749. The highest BCUT2D eigenvalue weighted by Crippen LogP contribution is 2.28. The second-order valence-electron chi connectivity index (χ2n) is 4.25. The molecule has 0 saturated heterocycles. The molecule has 2 heterocycles. The summed E-state index contributed by atoms with van der Waals surface area (Å²) in [6, 6.07) is 6.79. The van der Waals surface area contributed by atoms with Gasteiger partial charge in [0.1, 0.15) is 11.6 Å². The predicted molar refractivity (Wildman–Crippen MR) is 74.4 cm³/mol. The van der Waals surface area contributed by atoms with Crippen molar-refractivity contribution in [2.24, 2.45) is 0 Å². The number of fused-ring (bicyclic) bond motifs is 1. The lowest BCUT2D eigenvalue weighted by Gasteiger charge is -2.17. The first-order chi connectivity index (χ1) is 9.70. The number of aromatic nitrogens is 2. The molecule has 6 heteroatoms. The molecule has 6 nitrogen and oxygen atoms in total. The first-order valence-corrected chi connectivity index (χ1v) is 6.01. The first kappa shape index (κ1) is 12.2. The first-order valence-electron chi connectivity index (χ1n) is 6.01. The summed E-state index contributed by atoms with van der Waals surface area (Å²) < 4.78 is 5.27. The van der Waals surface area contributed by atoms with E-state index in [4.69, 9.17) is 4.74 Å². The molecule has 0 aliphatic carbocycles. The van der Waals surface area contributed by atoms with Crippen LogP contribution in [0.2, 0.25) is 0 Å². The third-order valence-corrected chi connectivity index (χ3v) is 2.76. The Hall–Kier alpha value is -2.89. The standard InChI is InChI=1S/C14H11N3O3/c18-13-5-6-15-12(17-13)4-2-9-1-3-11-10(7-9)16-14(19)8-20-11/h1-7H,8H2,(H,16,19)(H,15,17,18). The number of anilines is 1. The minimum absolute atomic E-state index is 0.0390. The van der Waals surface area contributed by atoms with Crippen molar-refractivity contribution in [1.29, 1.82) is 0 Å². The quantitative estimate of drug-likeness (QED) is 0.860. The van der Waals surface area contributed by atoms with Crippen LogP contribution in [-0.2, 0) is 4.79 Å². The lowest BCUT2D eigenvalue weighted by Crippen LogP contribution is -2.25. The average Bonchev–Trinajstić information content (AvgIpc) is 2.45. The number of aromatic amines is 1. The van der Waals surface area contributed by atoms with Gasteiger partial charge in [-0.15, -0.1) is 0 Å². The zero-order valence-corrected chi connectivity index (χ0v) is 10.4. The van der Waals surface area contributed by atoms with Crippen molar-refractivity contribution in [3.05, 3.63) is 52.2 Å². The Labute approximate surface area is 114 Å². The smallest absolute Gasteiger partial charge is 0.262 e. The topological polar surface area (TPSA) is 84.1 Å². The Kier molecular flexibility index (Phi) is 3.04. The van der Waals surface area contributed by atoms with Crippen LogP contribution in [0.4, 0.5) is 5.69 Å². The molecule has 2 N–H and O–H groups in total. The van der Waals surface area contributed by atoms with Crippen molar-refractivity contribution in [1.82, 2.24) is 9.97 Å². The van der Waals surface area contributed by atoms with E-state index in [1.807, 2.05) is 6.07 Å². The van der Waals surface area contributed by atoms with Crippen LogP contribution in [0.5, 0.6) is 5.75 Å². The van der Waals surface area contributed by atoms with Gasteiger partial charge in [0.15, 0.2) is 6.61 Å². The maximum atomic E-state index is 11.3. The molecule has 0 fully saturated rings. The molecule has 1 aromatic heterocycles. The third-order valence-electron chi connectivity index (χ3n) is 2.76. The van der Waals surface area contributed by atoms with E-state index in [1.165, 1.54) is 12.3 Å². The van der Waals surface area contributed by atoms with Gasteiger partial charge in [0.05, 0.1) is 5.69 Å². The molecule has 20 heavy (non-hydrogen) atoms. The summed E-state index contributed by atoms with van der Waals surface area (Å²) >= 11 is 0. The number of H-pyrrole nitrogens is 1. The second-order valence-corrected chi connectivity index (χ2v) is 4.25. The van der Waals surface area contributed by atoms with Crippen molar-refractivity contribution in [3.63, 3.8) is 0 Å². The van der Waals surface area contributed by atoms with Crippen molar-refractivity contribution >= 4 is 23.7 Å². The normalized spacial score (nSPS) is 13.7. The molecule has 100 valence electrons. The Balaban J connectivity index is 1.86. The summed E-state index contributed by atoms with van der Waals surface area (Å²) in [5.41, 5.74) is 1.30. The van der Waals surface area contributed by atoms with E-state index in [0.717, 1.165) is 5.56 Å². The summed E-state index contributed by atoms with van der Waals surface area (Å²) in [5, 5.41) is 2.74. The molecule has 0 radical (unpaired) electrons. The summed E-state index contributed by atoms with van der Waals surface area (Å²) in [4.78, 5) is 29.0. The Morgan fingerprint density at radius 3 is 2.95 bits per heavy atom. The summed E-state index contributed by atoms with van der Waals surface area (Å²) in [5.74, 6) is 0.941. The molecule has 0 spiro atoms. The molecule has 3 rings (SSSR count). The lowest BCUT2D eigenvalue weighted by atomic mass is 10.1. The predicted octanol–water partition coefficient (Wildman–Crippen LogP) is 1.27. The van der Waals surface area contributed by atoms with Gasteiger partial charge in [-0.1, -0.05) is 12.1 Å². The molecule has 2 aromatic rings. The van der Waals surface area contributed by atoms with Crippen LogP contribution in [0.3, 0.4) is 0 Å². The molecule has 1 aliphatic rings. The van der Waals surface area contributed by atoms with Gasteiger partial charge in [-0.05, 0) is 23.8 Å². The van der Waals surface area contributed by atoms with E-state index >= 15 is 0 Å². The Morgan fingerprint density at radius 2 is 2.10 bits per heavy atom. The highest BCUT2D eigenvalue weighted by molar-refractivity contribution is 5.95. The molecule has 1 amide bonds. The van der Waals surface area contributed by atoms with E-state index in [-0.39, 0.29) is 18.1 Å². The fraction of sp³-hybridized carbons (Fsp3) is 0.0714. The van der Waals surface area contributed by atoms with E-state index in [1.54, 1.807) is 24.3 Å². The maximum absolute atomic E-state index is 11.3. The van der Waals surface area contributed by atoms with Gasteiger partial charge >= 0.3 is 0 Å². The fourth-order valence-electron chi connectivity index (χ4n) is 1.85. The van der Waals surface area contributed by atoms with Crippen molar-refractivity contribution < 1.29 is 9.53 Å². The van der Waals surface area contributed by atoms with Gasteiger partial charge < -0.3 is 15.0 Å². The number of rotatable bonds is 2. The number of nitrogens with one attached hydrogen (secondary N) is 2. The highest BCUT2D eigenvalue weighted by atomic mass is 16.5. The number of carbonyl (C=O) groups is 1. The molecule has 0 bridgehead atoms. The number of ether oxygens (including phenoxy) is 1. The van der Waals surface area contributed by atoms with Crippen LogP contribution >= 0.6 is 0 Å². The Morgan fingerprint density at radius 1 is 1.20 bits per heavy atom. The van der Waals surface area contributed by atoms with Crippen LogP contribution in [0.1, 0.15) is 11.4 Å². The van der Waals surface area contributed by atoms with Crippen LogP contribution in [0.25, 0.3) is 12.2 Å². The molecule has 0 unspecified atom stereocenters. The third kappa shape index (κ3) is 2.59. The summed E-state index contributed by atoms with van der Waals surface area (Å²) in [6.45, 7) is 0.0390. The van der Waals surface area contributed by atoms with Crippen molar-refractivity contribution in [3.8, 4) is 5.75 Å². The highest BCUT2D eigenvalue weighted by Gasteiger charge is 2.15. The summed E-state index contributed by atoms with van der Waals surface area (Å²) in [6.07, 6.45) is 4.92. The van der Waals surface area contributed by atoms with E-state index in [2.05, 4.69) is 15.3 Å². The van der Waals surface area contributed by atoms with Crippen LogP contribution < -0.4 is 15.6 Å². The zero-order valence-electron chi connectivity index (χ0n) is 10.4. The van der Waals surface area contributed by atoms with Gasteiger partial charge in [0.2, 0.25) is 0 Å². The number of nitrogens with zero attached hydrogens (tertiary/aromatic N) is 1. The minimum atomic E-state index is -0.203. The van der Waals surface area contributed by atoms with Crippen LogP contribution in [0, 0.1) is 0 Å². The van der Waals surface area contributed by atoms with Gasteiger partial charge in [-0.3, -0.25) is 9.59 Å². The number of amides is 1. The fourth-order valence-corrected chi connectivity index (χ4v) is 1.85. The van der Waals surface area contributed by atoms with Crippen LogP contribution in [0.15, 0.2) is 35.3 Å². The number of hydrogen-bond acceptors (Lipinski definition) is 4.